The zero-order chi connectivity index (χ0) is 34.0. The van der Waals surface area contributed by atoms with E-state index in [1.54, 1.807) is 12.1 Å². The monoisotopic (exact) mass is 730 g/mol. The van der Waals surface area contributed by atoms with Gasteiger partial charge in [-0.3, -0.25) is 9.59 Å². The van der Waals surface area contributed by atoms with Gasteiger partial charge in [0.25, 0.3) is 31.9 Å². The Kier molecular flexibility index (Phi) is 13.1. The Balaban J connectivity index is 0.000000348. The van der Waals surface area contributed by atoms with Gasteiger partial charge in [0, 0.05) is 44.4 Å². The van der Waals surface area contributed by atoms with Crippen molar-refractivity contribution in [1.82, 2.24) is 8.43 Å². The third kappa shape index (κ3) is 8.25. The summed E-state index contributed by atoms with van der Waals surface area (Å²) in [5.74, 6) is -1.48. The Hall–Kier alpha value is -3.78. The van der Waals surface area contributed by atoms with E-state index in [1.807, 2.05) is 0 Å². The molecule has 0 radical (unpaired) electrons. The van der Waals surface area contributed by atoms with E-state index in [0.29, 0.717) is 30.9 Å². The Bertz CT molecular complexity index is 1920. The topological polar surface area (TPSA) is 199 Å². The summed E-state index contributed by atoms with van der Waals surface area (Å²) in [5.41, 5.74) is 0.983. The van der Waals surface area contributed by atoms with Crippen LogP contribution in [0.4, 0.5) is 15.8 Å². The maximum Gasteiger partial charge on any atom is 0.256 e. The summed E-state index contributed by atoms with van der Waals surface area (Å²) in [4.78, 5) is 25.7. The zero-order valence-corrected chi connectivity index (χ0v) is 27.0. The number of anilines is 2. The van der Waals surface area contributed by atoms with E-state index in [9.17, 15) is 49.4 Å². The van der Waals surface area contributed by atoms with Crippen LogP contribution in [0.25, 0.3) is 0 Å². The fraction of sp³-hybridized carbons (Fsp3) is 0.333. The average molecular weight is 731 g/mol. The fourth-order valence-electron chi connectivity index (χ4n) is 4.60. The minimum absolute atomic E-state index is 0. The van der Waals surface area contributed by atoms with E-state index < -0.39 is 54.0 Å². The molecule has 2 amide bonds. The highest BCUT2D eigenvalue weighted by molar-refractivity contribution is 8.04. The van der Waals surface area contributed by atoms with Gasteiger partial charge in [-0.25, -0.2) is 34.4 Å². The van der Waals surface area contributed by atoms with Gasteiger partial charge < -0.3 is 20.0 Å². The third-order valence-corrected chi connectivity index (χ3v) is 13.0. The summed E-state index contributed by atoms with van der Waals surface area (Å²) in [6.45, 7) is 0.739. The van der Waals surface area contributed by atoms with Crippen molar-refractivity contribution in [3.8, 4) is 0 Å². The van der Waals surface area contributed by atoms with Crippen molar-refractivity contribution in [1.29, 1.82) is 0 Å². The first kappa shape index (κ1) is 40.4. The van der Waals surface area contributed by atoms with Crippen LogP contribution in [-0.4, -0.2) is 90.4 Å². The normalized spacial score (nSPS) is 18.2. The Morgan fingerprint density at radius 2 is 1.00 bits per heavy atom. The molecule has 0 aromatic heterocycles. The smallest absolute Gasteiger partial charge is 0.256 e. The lowest BCUT2D eigenvalue weighted by Gasteiger charge is -2.19. The van der Waals surface area contributed by atoms with Gasteiger partial charge in [-0.15, -0.1) is 0 Å². The van der Waals surface area contributed by atoms with Crippen molar-refractivity contribution in [3.05, 3.63) is 78.6 Å². The highest BCUT2D eigenvalue weighted by Gasteiger charge is 2.35. The largest absolute Gasteiger partial charge is 0.383 e. The summed E-state index contributed by atoms with van der Waals surface area (Å²) in [7, 11) is -10.1. The molecule has 14 nitrogen and oxygen atoms in total. The molecule has 2 aliphatic heterocycles. The molecule has 0 aliphatic carbocycles. The second-order valence-corrected chi connectivity index (χ2v) is 16.2. The van der Waals surface area contributed by atoms with E-state index in [4.69, 9.17) is 0 Å². The highest BCUT2D eigenvalue weighted by Crippen LogP contribution is 2.27. The predicted molar refractivity (Wildman–Crippen MR) is 177 cm³/mol. The lowest BCUT2D eigenvalue weighted by atomic mass is 10.3. The van der Waals surface area contributed by atoms with Crippen molar-refractivity contribution in [2.45, 2.75) is 54.6 Å². The minimum Gasteiger partial charge on any atom is -0.383 e. The van der Waals surface area contributed by atoms with Crippen molar-refractivity contribution in [3.63, 3.8) is 0 Å². The molecule has 3 N–H and O–H groups in total. The number of hydrogen-bond acceptors (Lipinski definition) is 10. The van der Waals surface area contributed by atoms with Crippen LogP contribution >= 0.6 is 0 Å². The summed E-state index contributed by atoms with van der Waals surface area (Å²) < 4.78 is 89.1. The van der Waals surface area contributed by atoms with Crippen molar-refractivity contribution >= 4 is 53.3 Å². The van der Waals surface area contributed by atoms with Crippen molar-refractivity contribution in [2.75, 3.05) is 37.0 Å². The van der Waals surface area contributed by atoms with Gasteiger partial charge in [-0.1, -0.05) is 18.6 Å². The molecule has 264 valence electrons. The van der Waals surface area contributed by atoms with Gasteiger partial charge in [-0.2, -0.15) is 0 Å². The summed E-state index contributed by atoms with van der Waals surface area (Å²) in [6, 6.07) is 14.8. The number of sulfonamides is 3. The average Bonchev–Trinajstić information content (AvgIpc) is 3.56. The van der Waals surface area contributed by atoms with Crippen LogP contribution in [0.3, 0.4) is 0 Å². The summed E-state index contributed by atoms with van der Waals surface area (Å²) >= 11 is 0. The van der Waals surface area contributed by atoms with E-state index in [2.05, 4.69) is 4.72 Å². The quantitative estimate of drug-likeness (QED) is 0.308. The number of hydrogen-bond donors (Lipinski definition) is 3. The van der Waals surface area contributed by atoms with Gasteiger partial charge in [0.2, 0.25) is 10.0 Å². The van der Waals surface area contributed by atoms with Gasteiger partial charge >= 0.3 is 0 Å². The van der Waals surface area contributed by atoms with Crippen LogP contribution in [0.2, 0.25) is 0 Å². The van der Waals surface area contributed by atoms with Crippen LogP contribution in [0.5, 0.6) is 0 Å². The molecule has 3 aromatic carbocycles. The van der Waals surface area contributed by atoms with Crippen molar-refractivity contribution in [2.24, 2.45) is 0 Å². The number of nitrogens with zero attached hydrogens (tertiary/aromatic N) is 3. The van der Waals surface area contributed by atoms with E-state index in [0.717, 1.165) is 31.3 Å². The van der Waals surface area contributed by atoms with Gasteiger partial charge in [-0.05, 0) is 79.8 Å². The van der Waals surface area contributed by atoms with Gasteiger partial charge in [0.1, 0.15) is 18.0 Å². The molecular weight excluding hydrogens is 692 g/mol. The SMILES string of the molecule is C.C.CN(S(=O)(=O)c1ccc(F)cc1)S(=O)(=O)c1ccc(N2CC[C@@H](O)C2=O)cc1.CNS(=O)(=O)c1ccc(N2CC[C@@H](O)C2=O)cc1. The van der Waals surface area contributed by atoms with E-state index in [-0.39, 0.29) is 45.6 Å². The van der Waals surface area contributed by atoms with E-state index >= 15 is 0 Å². The van der Waals surface area contributed by atoms with Crippen LogP contribution in [0, 0.1) is 5.82 Å². The molecule has 2 heterocycles. The van der Waals surface area contributed by atoms with Gasteiger partial charge in [0.05, 0.1) is 14.7 Å². The fourth-order valence-corrected chi connectivity index (χ4v) is 8.43. The Morgan fingerprint density at radius 3 is 1.31 bits per heavy atom. The Labute approximate surface area is 280 Å². The second-order valence-electron chi connectivity index (χ2n) is 10.1. The molecule has 5 rings (SSSR count). The van der Waals surface area contributed by atoms with E-state index in [1.165, 1.54) is 53.2 Å². The molecule has 3 aromatic rings. The van der Waals surface area contributed by atoms with Crippen LogP contribution < -0.4 is 14.5 Å². The number of carbonyl (C=O) groups excluding carboxylic acids is 2. The first-order valence-electron chi connectivity index (χ1n) is 13.6. The Morgan fingerprint density at radius 1 is 0.667 bits per heavy atom. The highest BCUT2D eigenvalue weighted by atomic mass is 32.3. The minimum atomic E-state index is -4.42. The third-order valence-electron chi connectivity index (χ3n) is 7.32. The molecular formula is C30H39FN4O10S3. The van der Waals surface area contributed by atoms with Crippen LogP contribution in [0.15, 0.2) is 87.5 Å². The number of amides is 2. The number of carbonyl (C=O) groups is 2. The van der Waals surface area contributed by atoms with Crippen LogP contribution in [-0.2, 0) is 39.7 Å². The first-order valence-corrected chi connectivity index (χ1v) is 18.0. The number of aliphatic hydroxyl groups excluding tert-OH is 2. The van der Waals surface area contributed by atoms with Crippen molar-refractivity contribution < 1.29 is 49.4 Å². The lowest BCUT2D eigenvalue weighted by molar-refractivity contribution is -0.124. The molecule has 2 fully saturated rings. The number of nitrogens with one attached hydrogen (secondary N) is 1. The first-order chi connectivity index (χ1) is 21.5. The molecule has 48 heavy (non-hydrogen) atoms. The van der Waals surface area contributed by atoms with Gasteiger partial charge in [0.15, 0.2) is 0 Å². The summed E-state index contributed by atoms with van der Waals surface area (Å²) in [6.07, 6.45) is -1.37. The second kappa shape index (κ2) is 15.6. The molecule has 2 saturated heterocycles. The maximum absolute atomic E-state index is 13.0. The molecule has 0 saturated carbocycles. The lowest BCUT2D eigenvalue weighted by Crippen LogP contribution is -2.33. The summed E-state index contributed by atoms with van der Waals surface area (Å²) in [5, 5.41) is 18.9. The zero-order valence-electron chi connectivity index (χ0n) is 24.5. The number of rotatable bonds is 8. The molecule has 0 unspecified atom stereocenters. The number of benzene rings is 3. The molecule has 2 atom stereocenters. The molecule has 2 aliphatic rings. The standard InChI is InChI=1S/C17H17FN2O6S2.C11H14N2O4S.2CH4/c1-19(27(23,24)14-6-2-12(18)3-7-14)28(25,26)15-8-4-13(5-9-15)20-11-10-16(21)17(20)22;1-12-18(16,17)9-4-2-8(3-5-9)13-7-6-10(14)11(13)15;;/h2-9,16,21H,10-11H2,1H3;2-5,10,12,14H,6-7H2,1H3;2*1H4/t16-;10-;;/m11../s1. The molecule has 0 bridgehead atoms. The maximum atomic E-state index is 13.0. The number of halogens is 1. The number of aliphatic hydroxyl groups is 2. The van der Waals surface area contributed by atoms with Crippen LogP contribution in [0.1, 0.15) is 27.7 Å². The predicted octanol–water partition coefficient (Wildman–Crippen LogP) is 1.90. The molecule has 18 heteroatoms. The molecule has 0 spiro atoms.